The van der Waals surface area contributed by atoms with E-state index in [2.05, 4.69) is 29.1 Å². The first-order valence-electron chi connectivity index (χ1n) is 7.94. The molecule has 1 saturated carbocycles. The molecular weight excluding hydrogens is 250 g/mol. The van der Waals surface area contributed by atoms with Crippen molar-refractivity contribution in [2.75, 3.05) is 13.2 Å². The summed E-state index contributed by atoms with van der Waals surface area (Å²) in [6.45, 7) is 5.92. The second-order valence-corrected chi connectivity index (χ2v) is 5.57. The number of nitrogens with zero attached hydrogens (tertiary/aromatic N) is 2. The molecule has 0 bridgehead atoms. The van der Waals surface area contributed by atoms with Crippen LogP contribution in [0.3, 0.4) is 0 Å². The molecule has 4 heteroatoms. The lowest BCUT2D eigenvalue weighted by Crippen LogP contribution is -2.46. The number of nitrogens with one attached hydrogen (secondary N) is 1. The number of likely N-dealkylation sites (N-methyl/N-ethyl adjacent to an activating group) is 1. The van der Waals surface area contributed by atoms with Crippen LogP contribution in [0.4, 0.5) is 0 Å². The van der Waals surface area contributed by atoms with E-state index in [1.165, 1.54) is 25.7 Å². The molecular formula is C16H27N3O. The Morgan fingerprint density at radius 3 is 2.35 bits per heavy atom. The minimum atomic E-state index is -0.105. The fourth-order valence-corrected chi connectivity index (χ4v) is 3.40. The predicted molar refractivity (Wildman–Crippen MR) is 80.5 cm³/mol. The topological polar surface area (TPSA) is 47.0 Å². The van der Waals surface area contributed by atoms with E-state index >= 15 is 0 Å². The van der Waals surface area contributed by atoms with Crippen LogP contribution in [0.15, 0.2) is 18.7 Å². The molecule has 1 aliphatic rings. The van der Waals surface area contributed by atoms with E-state index in [-0.39, 0.29) is 11.6 Å². The zero-order valence-electron chi connectivity index (χ0n) is 12.8. The third kappa shape index (κ3) is 3.55. The van der Waals surface area contributed by atoms with Gasteiger partial charge >= 0.3 is 0 Å². The maximum atomic E-state index is 6.30. The van der Waals surface area contributed by atoms with Gasteiger partial charge in [0.05, 0.1) is 11.6 Å². The third-order valence-electron chi connectivity index (χ3n) is 4.23. The maximum absolute atomic E-state index is 6.30. The first-order valence-corrected chi connectivity index (χ1v) is 7.94. The van der Waals surface area contributed by atoms with Gasteiger partial charge in [-0.2, -0.15) is 0 Å². The average Bonchev–Trinajstić information content (AvgIpc) is 2.72. The minimum absolute atomic E-state index is 0.105. The number of aromatic nitrogens is 2. The Morgan fingerprint density at radius 2 is 1.80 bits per heavy atom. The van der Waals surface area contributed by atoms with Gasteiger partial charge in [0.1, 0.15) is 6.33 Å². The number of ether oxygens (including phenoxy) is 1. The molecule has 20 heavy (non-hydrogen) atoms. The highest BCUT2D eigenvalue weighted by Gasteiger charge is 2.40. The second-order valence-electron chi connectivity index (χ2n) is 5.57. The van der Waals surface area contributed by atoms with E-state index in [4.69, 9.17) is 4.74 Å². The highest BCUT2D eigenvalue weighted by molar-refractivity contribution is 5.16. The lowest BCUT2D eigenvalue weighted by molar-refractivity contribution is -0.0780. The zero-order valence-corrected chi connectivity index (χ0v) is 12.8. The molecule has 0 amide bonds. The molecule has 1 unspecified atom stereocenters. The van der Waals surface area contributed by atoms with Gasteiger partial charge in [-0.3, -0.25) is 0 Å². The fraction of sp³-hybridized carbons (Fsp3) is 0.750. The number of rotatable bonds is 6. The van der Waals surface area contributed by atoms with E-state index in [0.717, 1.165) is 31.6 Å². The van der Waals surface area contributed by atoms with E-state index in [1.807, 2.05) is 12.4 Å². The van der Waals surface area contributed by atoms with E-state index < -0.39 is 0 Å². The van der Waals surface area contributed by atoms with Crippen LogP contribution in [0.2, 0.25) is 0 Å². The molecule has 0 spiro atoms. The highest BCUT2D eigenvalue weighted by Crippen LogP contribution is 2.40. The van der Waals surface area contributed by atoms with Gasteiger partial charge < -0.3 is 10.1 Å². The van der Waals surface area contributed by atoms with Gasteiger partial charge in [-0.1, -0.05) is 32.6 Å². The molecule has 0 saturated heterocycles. The molecule has 1 fully saturated rings. The van der Waals surface area contributed by atoms with Crippen molar-refractivity contribution in [2.24, 2.45) is 0 Å². The lowest BCUT2D eigenvalue weighted by atomic mass is 9.83. The van der Waals surface area contributed by atoms with Crippen LogP contribution in [-0.4, -0.2) is 28.7 Å². The van der Waals surface area contributed by atoms with Gasteiger partial charge in [0.25, 0.3) is 0 Å². The smallest absolute Gasteiger partial charge is 0.115 e. The molecule has 112 valence electrons. The van der Waals surface area contributed by atoms with Crippen molar-refractivity contribution in [3.05, 3.63) is 24.3 Å². The van der Waals surface area contributed by atoms with Gasteiger partial charge in [-0.05, 0) is 26.3 Å². The Bertz CT molecular complexity index is 375. The van der Waals surface area contributed by atoms with Gasteiger partial charge in [0.2, 0.25) is 0 Å². The van der Waals surface area contributed by atoms with Crippen LogP contribution in [0.25, 0.3) is 0 Å². The Labute approximate surface area is 122 Å². The first-order chi connectivity index (χ1) is 9.82. The predicted octanol–water partition coefficient (Wildman–Crippen LogP) is 3.26. The molecule has 1 heterocycles. The summed E-state index contributed by atoms with van der Waals surface area (Å²) in [6.07, 6.45) is 12.8. The molecule has 1 atom stereocenters. The first kappa shape index (κ1) is 15.4. The van der Waals surface area contributed by atoms with Crippen LogP contribution in [0.5, 0.6) is 0 Å². The molecule has 0 aliphatic heterocycles. The summed E-state index contributed by atoms with van der Waals surface area (Å²) < 4.78 is 6.30. The van der Waals surface area contributed by atoms with Crippen molar-refractivity contribution in [3.63, 3.8) is 0 Å². The van der Waals surface area contributed by atoms with Crippen LogP contribution < -0.4 is 5.32 Å². The normalized spacial score (nSPS) is 20.3. The quantitative estimate of drug-likeness (QED) is 0.811. The molecule has 0 radical (unpaired) electrons. The fourth-order valence-electron chi connectivity index (χ4n) is 3.40. The minimum Gasteiger partial charge on any atom is -0.373 e. The van der Waals surface area contributed by atoms with Crippen molar-refractivity contribution >= 4 is 0 Å². The van der Waals surface area contributed by atoms with Crippen molar-refractivity contribution in [2.45, 2.75) is 64.0 Å². The van der Waals surface area contributed by atoms with Crippen LogP contribution >= 0.6 is 0 Å². The summed E-state index contributed by atoms with van der Waals surface area (Å²) in [4.78, 5) is 8.38. The van der Waals surface area contributed by atoms with Crippen molar-refractivity contribution < 1.29 is 4.74 Å². The van der Waals surface area contributed by atoms with Crippen molar-refractivity contribution in [1.29, 1.82) is 0 Å². The molecule has 0 aromatic carbocycles. The van der Waals surface area contributed by atoms with E-state index in [9.17, 15) is 0 Å². The molecule has 1 N–H and O–H groups in total. The Morgan fingerprint density at radius 1 is 1.15 bits per heavy atom. The summed E-state index contributed by atoms with van der Waals surface area (Å²) in [5.41, 5.74) is 1.04. The molecule has 1 aromatic rings. The molecule has 4 nitrogen and oxygen atoms in total. The van der Waals surface area contributed by atoms with Crippen molar-refractivity contribution in [3.8, 4) is 0 Å². The Kier molecular flexibility index (Phi) is 5.92. The van der Waals surface area contributed by atoms with Crippen LogP contribution in [-0.2, 0) is 4.74 Å². The lowest BCUT2D eigenvalue weighted by Gasteiger charge is -2.40. The zero-order chi connectivity index (χ0) is 14.3. The standard InChI is InChI=1S/C16H27N3O/c1-3-19-15(14-11-17-13-18-12-14)16(20-4-2)9-7-5-6-8-10-16/h11-13,15,19H,3-10H2,1-2H3. The SMILES string of the molecule is CCNC(c1cncnc1)C1(OCC)CCCCCC1. The number of hydrogen-bond acceptors (Lipinski definition) is 4. The third-order valence-corrected chi connectivity index (χ3v) is 4.23. The molecule has 1 aliphatic carbocycles. The largest absolute Gasteiger partial charge is 0.373 e. The van der Waals surface area contributed by atoms with E-state index in [1.54, 1.807) is 6.33 Å². The molecule has 1 aromatic heterocycles. The van der Waals surface area contributed by atoms with E-state index in [0.29, 0.717) is 0 Å². The summed E-state index contributed by atoms with van der Waals surface area (Å²) in [5, 5.41) is 3.62. The Balaban J connectivity index is 2.30. The number of hydrogen-bond donors (Lipinski definition) is 1. The molecule has 2 rings (SSSR count). The summed E-state index contributed by atoms with van der Waals surface area (Å²) in [7, 11) is 0. The highest BCUT2D eigenvalue weighted by atomic mass is 16.5. The van der Waals surface area contributed by atoms with Gasteiger partial charge in [0.15, 0.2) is 0 Å². The summed E-state index contributed by atoms with van der Waals surface area (Å²) in [5.74, 6) is 0. The van der Waals surface area contributed by atoms with Crippen LogP contribution in [0, 0.1) is 0 Å². The van der Waals surface area contributed by atoms with Gasteiger partial charge in [0, 0.05) is 24.6 Å². The maximum Gasteiger partial charge on any atom is 0.115 e. The second kappa shape index (κ2) is 7.70. The monoisotopic (exact) mass is 277 g/mol. The van der Waals surface area contributed by atoms with Crippen LogP contribution in [0.1, 0.15) is 64.0 Å². The Hall–Kier alpha value is -1.00. The van der Waals surface area contributed by atoms with Gasteiger partial charge in [-0.15, -0.1) is 0 Å². The van der Waals surface area contributed by atoms with Crippen molar-refractivity contribution in [1.82, 2.24) is 15.3 Å². The summed E-state index contributed by atoms with van der Waals surface area (Å²) >= 11 is 0. The average molecular weight is 277 g/mol. The summed E-state index contributed by atoms with van der Waals surface area (Å²) in [6, 6.07) is 0.187. The van der Waals surface area contributed by atoms with Gasteiger partial charge in [-0.25, -0.2) is 9.97 Å².